The Morgan fingerprint density at radius 2 is 2.05 bits per heavy atom. The van der Waals surface area contributed by atoms with Gasteiger partial charge in [-0.2, -0.15) is 4.98 Å². The maximum Gasteiger partial charge on any atom is 0.257 e. The Labute approximate surface area is 119 Å². The van der Waals surface area contributed by atoms with E-state index in [0.29, 0.717) is 23.8 Å². The number of carbonyl (C=O) groups is 1. The number of halogens is 1. The summed E-state index contributed by atoms with van der Waals surface area (Å²) >= 11 is 5.78. The summed E-state index contributed by atoms with van der Waals surface area (Å²) in [5.41, 5.74) is 0.0893. The van der Waals surface area contributed by atoms with E-state index in [2.05, 4.69) is 34.4 Å². The monoisotopic (exact) mass is 284 g/mol. The molecule has 0 bridgehead atoms. The number of hydrogen-bond donors (Lipinski definition) is 2. The summed E-state index contributed by atoms with van der Waals surface area (Å²) in [4.78, 5) is 20.1. The van der Waals surface area contributed by atoms with E-state index in [0.717, 1.165) is 0 Å². The van der Waals surface area contributed by atoms with Crippen LogP contribution in [0.2, 0.25) is 5.28 Å². The molecule has 106 valence electrons. The SMILES string of the molecule is CC(C)CNc1nc(Cl)ncc1C(=O)NC(C)(C)C. The summed E-state index contributed by atoms with van der Waals surface area (Å²) in [6.45, 7) is 10.6. The largest absolute Gasteiger partial charge is 0.369 e. The molecule has 1 heterocycles. The summed E-state index contributed by atoms with van der Waals surface area (Å²) in [5.74, 6) is 0.693. The second kappa shape index (κ2) is 6.19. The van der Waals surface area contributed by atoms with Gasteiger partial charge in [0.05, 0.1) is 0 Å². The van der Waals surface area contributed by atoms with Crippen molar-refractivity contribution in [3.63, 3.8) is 0 Å². The zero-order valence-corrected chi connectivity index (χ0v) is 12.8. The van der Waals surface area contributed by atoms with Crippen LogP contribution in [0.4, 0.5) is 5.82 Å². The van der Waals surface area contributed by atoms with E-state index in [4.69, 9.17) is 11.6 Å². The molecule has 2 N–H and O–H groups in total. The highest BCUT2D eigenvalue weighted by molar-refractivity contribution is 6.28. The highest BCUT2D eigenvalue weighted by atomic mass is 35.5. The minimum Gasteiger partial charge on any atom is -0.369 e. The lowest BCUT2D eigenvalue weighted by Gasteiger charge is -2.21. The van der Waals surface area contributed by atoms with Gasteiger partial charge in [0.2, 0.25) is 5.28 Å². The predicted octanol–water partition coefficient (Wildman–Crippen LogP) is 2.73. The van der Waals surface area contributed by atoms with Gasteiger partial charge in [-0.3, -0.25) is 4.79 Å². The Balaban J connectivity index is 2.95. The molecule has 5 nitrogen and oxygen atoms in total. The van der Waals surface area contributed by atoms with Gasteiger partial charge in [0.25, 0.3) is 5.91 Å². The molecule has 0 unspecified atom stereocenters. The van der Waals surface area contributed by atoms with Crippen molar-refractivity contribution in [1.29, 1.82) is 0 Å². The first-order chi connectivity index (χ1) is 8.69. The number of nitrogens with zero attached hydrogens (tertiary/aromatic N) is 2. The molecular weight excluding hydrogens is 264 g/mol. The Kier molecular flexibility index (Phi) is 5.11. The lowest BCUT2D eigenvalue weighted by molar-refractivity contribution is 0.0919. The summed E-state index contributed by atoms with van der Waals surface area (Å²) in [5, 5.41) is 6.13. The van der Waals surface area contributed by atoms with Gasteiger partial charge in [0.15, 0.2) is 0 Å². The highest BCUT2D eigenvalue weighted by Gasteiger charge is 2.19. The molecule has 0 aromatic carbocycles. The molecule has 1 amide bonds. The van der Waals surface area contributed by atoms with Crippen molar-refractivity contribution < 1.29 is 4.79 Å². The van der Waals surface area contributed by atoms with Crippen molar-refractivity contribution in [3.05, 3.63) is 17.0 Å². The molecule has 0 atom stereocenters. The average Bonchev–Trinajstić information content (AvgIpc) is 2.23. The topological polar surface area (TPSA) is 66.9 Å². The fourth-order valence-corrected chi connectivity index (χ4v) is 1.50. The molecule has 0 aliphatic carbocycles. The van der Waals surface area contributed by atoms with Crippen molar-refractivity contribution in [2.24, 2.45) is 5.92 Å². The van der Waals surface area contributed by atoms with Crippen molar-refractivity contribution in [3.8, 4) is 0 Å². The molecule has 0 saturated carbocycles. The molecule has 0 spiro atoms. The first-order valence-corrected chi connectivity index (χ1v) is 6.66. The van der Waals surface area contributed by atoms with Crippen LogP contribution >= 0.6 is 11.6 Å². The molecule has 0 fully saturated rings. The number of carbonyl (C=O) groups excluding carboxylic acids is 1. The molecule has 1 rings (SSSR count). The lowest BCUT2D eigenvalue weighted by Crippen LogP contribution is -2.41. The standard InChI is InChI=1S/C13H21ClN4O/c1-8(2)6-15-10-9(7-16-12(14)17-10)11(19)18-13(3,4)5/h7-8H,6H2,1-5H3,(H,18,19)(H,15,16,17). The summed E-state index contributed by atoms with van der Waals surface area (Å²) in [6.07, 6.45) is 1.44. The van der Waals surface area contributed by atoms with Gasteiger partial charge in [0, 0.05) is 18.3 Å². The average molecular weight is 285 g/mol. The van der Waals surface area contributed by atoms with E-state index < -0.39 is 0 Å². The third-order valence-corrected chi connectivity index (χ3v) is 2.35. The molecule has 1 aromatic rings. The zero-order valence-electron chi connectivity index (χ0n) is 12.0. The summed E-state index contributed by atoms with van der Waals surface area (Å²) in [6, 6.07) is 0. The third kappa shape index (κ3) is 5.42. The molecule has 0 saturated heterocycles. The predicted molar refractivity (Wildman–Crippen MR) is 77.6 cm³/mol. The van der Waals surface area contributed by atoms with Crippen LogP contribution in [0.5, 0.6) is 0 Å². The second-order valence-electron chi connectivity index (χ2n) is 5.88. The van der Waals surface area contributed by atoms with E-state index >= 15 is 0 Å². The fourth-order valence-electron chi connectivity index (χ4n) is 1.37. The maximum atomic E-state index is 12.2. The molecule has 0 aliphatic heterocycles. The van der Waals surface area contributed by atoms with E-state index in [9.17, 15) is 4.79 Å². The van der Waals surface area contributed by atoms with Gasteiger partial charge in [0.1, 0.15) is 11.4 Å². The number of rotatable bonds is 4. The van der Waals surface area contributed by atoms with Crippen LogP contribution in [-0.4, -0.2) is 28.0 Å². The normalized spacial score (nSPS) is 11.5. The fraction of sp³-hybridized carbons (Fsp3) is 0.615. The molecule has 6 heteroatoms. The maximum absolute atomic E-state index is 12.2. The van der Waals surface area contributed by atoms with Gasteiger partial charge in [-0.25, -0.2) is 4.98 Å². The van der Waals surface area contributed by atoms with Gasteiger partial charge in [-0.1, -0.05) is 13.8 Å². The van der Waals surface area contributed by atoms with Crippen LogP contribution in [0.15, 0.2) is 6.20 Å². The van der Waals surface area contributed by atoms with Crippen LogP contribution in [0, 0.1) is 5.92 Å². The number of nitrogens with one attached hydrogen (secondary N) is 2. The van der Waals surface area contributed by atoms with Crippen LogP contribution < -0.4 is 10.6 Å². The quantitative estimate of drug-likeness (QED) is 0.834. The highest BCUT2D eigenvalue weighted by Crippen LogP contribution is 2.16. The molecular formula is C13H21ClN4O. The molecule has 0 radical (unpaired) electrons. The minimum atomic E-state index is -0.313. The smallest absolute Gasteiger partial charge is 0.257 e. The van der Waals surface area contributed by atoms with Crippen LogP contribution in [0.3, 0.4) is 0 Å². The number of aromatic nitrogens is 2. The second-order valence-corrected chi connectivity index (χ2v) is 6.22. The number of amides is 1. The lowest BCUT2D eigenvalue weighted by atomic mass is 10.1. The third-order valence-electron chi connectivity index (χ3n) is 2.17. The Hall–Kier alpha value is -1.36. The molecule has 0 aliphatic rings. The summed E-state index contributed by atoms with van der Waals surface area (Å²) < 4.78 is 0. The Morgan fingerprint density at radius 3 is 2.58 bits per heavy atom. The van der Waals surface area contributed by atoms with E-state index in [1.165, 1.54) is 6.20 Å². The molecule has 1 aromatic heterocycles. The van der Waals surface area contributed by atoms with Crippen LogP contribution in [0.25, 0.3) is 0 Å². The van der Waals surface area contributed by atoms with Gasteiger partial charge in [-0.15, -0.1) is 0 Å². The van der Waals surface area contributed by atoms with Crippen molar-refractivity contribution >= 4 is 23.3 Å². The first kappa shape index (κ1) is 15.7. The number of hydrogen-bond acceptors (Lipinski definition) is 4. The van der Waals surface area contributed by atoms with Crippen molar-refractivity contribution in [2.45, 2.75) is 40.2 Å². The van der Waals surface area contributed by atoms with Gasteiger partial charge < -0.3 is 10.6 Å². The first-order valence-electron chi connectivity index (χ1n) is 6.28. The summed E-state index contributed by atoms with van der Waals surface area (Å²) in [7, 11) is 0. The van der Waals surface area contributed by atoms with E-state index in [1.54, 1.807) is 0 Å². The van der Waals surface area contributed by atoms with E-state index in [1.807, 2.05) is 20.8 Å². The Morgan fingerprint density at radius 1 is 1.42 bits per heavy atom. The Bertz CT molecular complexity index is 454. The van der Waals surface area contributed by atoms with Crippen molar-refractivity contribution in [2.75, 3.05) is 11.9 Å². The van der Waals surface area contributed by atoms with Crippen molar-refractivity contribution in [1.82, 2.24) is 15.3 Å². The van der Waals surface area contributed by atoms with Gasteiger partial charge in [-0.05, 0) is 38.3 Å². The zero-order chi connectivity index (χ0) is 14.6. The minimum absolute atomic E-state index is 0.124. The van der Waals surface area contributed by atoms with E-state index in [-0.39, 0.29) is 16.7 Å². The molecule has 19 heavy (non-hydrogen) atoms. The number of anilines is 1. The van der Waals surface area contributed by atoms with Crippen LogP contribution in [-0.2, 0) is 0 Å². The van der Waals surface area contributed by atoms with Gasteiger partial charge >= 0.3 is 0 Å². The van der Waals surface area contributed by atoms with Crippen LogP contribution in [0.1, 0.15) is 45.0 Å².